The van der Waals surface area contributed by atoms with Gasteiger partial charge < -0.3 is 14.8 Å². The monoisotopic (exact) mass is 432 g/mol. The number of methoxy groups -OCH3 is 1. The molecular formula is C20H20N2O5S2. The maximum Gasteiger partial charge on any atom is 0.341 e. The summed E-state index contributed by atoms with van der Waals surface area (Å²) in [5.74, 6) is -1.41. The summed E-state index contributed by atoms with van der Waals surface area (Å²) in [5.41, 5.74) is 2.01. The first-order valence-electron chi connectivity index (χ1n) is 9.07. The van der Waals surface area contributed by atoms with E-state index in [1.807, 2.05) is 0 Å². The fourth-order valence-electron chi connectivity index (χ4n) is 3.13. The summed E-state index contributed by atoms with van der Waals surface area (Å²) in [7, 11) is 1.27. The van der Waals surface area contributed by atoms with Gasteiger partial charge in [-0.3, -0.25) is 10.1 Å². The molecule has 0 saturated heterocycles. The molecule has 0 radical (unpaired) electrons. The first kappa shape index (κ1) is 20.9. The third kappa shape index (κ3) is 4.63. The first-order chi connectivity index (χ1) is 13.9. The zero-order chi connectivity index (χ0) is 21.0. The van der Waals surface area contributed by atoms with Crippen LogP contribution in [0.4, 0.5) is 5.00 Å². The standard InChI is InChI=1S/C20H20N2O5S2/c1-3-27-19(25)15-13-8-5-9-14(13)29-17(15)22-20(28)21-16(23)11-6-4-7-12(10-11)18(24)26-2/h4,6-7,10H,3,5,8-9H2,1-2H3,(H2,21,22,23,28). The molecule has 152 valence electrons. The molecular weight excluding hydrogens is 412 g/mol. The average molecular weight is 433 g/mol. The second kappa shape index (κ2) is 9.15. The fourth-order valence-corrected chi connectivity index (χ4v) is 4.67. The van der Waals surface area contributed by atoms with Crippen molar-refractivity contribution in [1.82, 2.24) is 5.32 Å². The number of anilines is 1. The lowest BCUT2D eigenvalue weighted by molar-refractivity contribution is 0.0525. The minimum Gasteiger partial charge on any atom is -0.465 e. The van der Waals surface area contributed by atoms with E-state index >= 15 is 0 Å². The van der Waals surface area contributed by atoms with Gasteiger partial charge in [-0.15, -0.1) is 11.3 Å². The summed E-state index contributed by atoms with van der Waals surface area (Å²) in [6, 6.07) is 6.12. The third-order valence-corrected chi connectivity index (χ3v) is 5.81. The largest absolute Gasteiger partial charge is 0.465 e. The summed E-state index contributed by atoms with van der Waals surface area (Å²) < 4.78 is 9.85. The Hall–Kier alpha value is -2.78. The minimum absolute atomic E-state index is 0.0592. The van der Waals surface area contributed by atoms with Gasteiger partial charge in [0.2, 0.25) is 0 Å². The van der Waals surface area contributed by atoms with E-state index in [1.165, 1.54) is 24.5 Å². The van der Waals surface area contributed by atoms with Crippen LogP contribution in [0.1, 0.15) is 54.9 Å². The molecule has 0 fully saturated rings. The van der Waals surface area contributed by atoms with Gasteiger partial charge in [-0.25, -0.2) is 9.59 Å². The van der Waals surface area contributed by atoms with Gasteiger partial charge in [-0.05, 0) is 62.2 Å². The van der Waals surface area contributed by atoms with Crippen LogP contribution in [0.2, 0.25) is 0 Å². The second-order valence-corrected chi connectivity index (χ2v) is 7.78. The fraction of sp³-hybridized carbons (Fsp3) is 0.300. The third-order valence-electron chi connectivity index (χ3n) is 4.40. The molecule has 0 bridgehead atoms. The number of carbonyl (C=O) groups excluding carboxylic acids is 3. The van der Waals surface area contributed by atoms with E-state index in [-0.39, 0.29) is 22.8 Å². The van der Waals surface area contributed by atoms with Gasteiger partial charge in [0.05, 0.1) is 24.8 Å². The minimum atomic E-state index is -0.535. The molecule has 9 heteroatoms. The summed E-state index contributed by atoms with van der Waals surface area (Å²) >= 11 is 6.71. The Morgan fingerprint density at radius 2 is 1.93 bits per heavy atom. The smallest absolute Gasteiger partial charge is 0.341 e. The molecule has 2 aromatic rings. The number of carbonyl (C=O) groups is 3. The second-order valence-electron chi connectivity index (χ2n) is 6.26. The van der Waals surface area contributed by atoms with Crippen LogP contribution in [0, 0.1) is 0 Å². The molecule has 7 nitrogen and oxygen atoms in total. The zero-order valence-electron chi connectivity index (χ0n) is 16.0. The lowest BCUT2D eigenvalue weighted by Gasteiger charge is -2.11. The number of hydrogen-bond donors (Lipinski definition) is 2. The lowest BCUT2D eigenvalue weighted by Crippen LogP contribution is -2.34. The molecule has 1 aliphatic carbocycles. The maximum atomic E-state index is 12.5. The van der Waals surface area contributed by atoms with E-state index < -0.39 is 17.8 Å². The highest BCUT2D eigenvalue weighted by atomic mass is 32.1. The number of hydrogen-bond acceptors (Lipinski definition) is 7. The molecule has 2 N–H and O–H groups in total. The van der Waals surface area contributed by atoms with Crippen molar-refractivity contribution < 1.29 is 23.9 Å². The summed E-state index contributed by atoms with van der Waals surface area (Å²) in [4.78, 5) is 37.7. The number of benzene rings is 1. The van der Waals surface area contributed by atoms with E-state index in [4.69, 9.17) is 17.0 Å². The Morgan fingerprint density at radius 3 is 2.66 bits per heavy atom. The predicted molar refractivity (Wildman–Crippen MR) is 114 cm³/mol. The molecule has 1 aliphatic rings. The van der Waals surface area contributed by atoms with E-state index in [0.717, 1.165) is 29.7 Å². The average Bonchev–Trinajstić information content (AvgIpc) is 3.28. The van der Waals surface area contributed by atoms with E-state index in [0.29, 0.717) is 10.6 Å². The summed E-state index contributed by atoms with van der Waals surface area (Å²) in [5, 5.41) is 6.16. The molecule has 0 atom stereocenters. The summed E-state index contributed by atoms with van der Waals surface area (Å²) in [6.07, 6.45) is 2.74. The van der Waals surface area contributed by atoms with E-state index in [2.05, 4.69) is 15.4 Å². The van der Waals surface area contributed by atoms with Crippen LogP contribution in [0.5, 0.6) is 0 Å². The Bertz CT molecular complexity index is 983. The molecule has 0 aliphatic heterocycles. The first-order valence-corrected chi connectivity index (χ1v) is 10.3. The van der Waals surface area contributed by atoms with Crippen LogP contribution < -0.4 is 10.6 Å². The van der Waals surface area contributed by atoms with Crippen molar-refractivity contribution in [2.75, 3.05) is 19.0 Å². The normalized spacial score (nSPS) is 12.1. The Labute approximate surface area is 177 Å². The molecule has 0 unspecified atom stereocenters. The van der Waals surface area contributed by atoms with Gasteiger partial charge in [-0.2, -0.15) is 0 Å². The van der Waals surface area contributed by atoms with Crippen LogP contribution in [-0.4, -0.2) is 36.7 Å². The quantitative estimate of drug-likeness (QED) is 0.553. The molecule has 1 heterocycles. The van der Waals surface area contributed by atoms with Crippen molar-refractivity contribution in [2.24, 2.45) is 0 Å². The van der Waals surface area contributed by atoms with E-state index in [9.17, 15) is 14.4 Å². The number of amides is 1. The van der Waals surface area contributed by atoms with Crippen molar-refractivity contribution in [3.8, 4) is 0 Å². The highest BCUT2D eigenvalue weighted by Crippen LogP contribution is 2.39. The molecule has 0 spiro atoms. The van der Waals surface area contributed by atoms with Gasteiger partial charge in [0.1, 0.15) is 5.00 Å². The number of nitrogens with one attached hydrogen (secondary N) is 2. The van der Waals surface area contributed by atoms with Gasteiger partial charge in [0, 0.05) is 10.4 Å². The highest BCUT2D eigenvalue weighted by molar-refractivity contribution is 7.80. The van der Waals surface area contributed by atoms with Crippen LogP contribution in [0.3, 0.4) is 0 Å². The number of fused-ring (bicyclic) bond motifs is 1. The number of esters is 2. The lowest BCUT2D eigenvalue weighted by atomic mass is 10.1. The highest BCUT2D eigenvalue weighted by Gasteiger charge is 2.28. The van der Waals surface area contributed by atoms with Gasteiger partial charge in [0.15, 0.2) is 5.11 Å². The Morgan fingerprint density at radius 1 is 1.17 bits per heavy atom. The topological polar surface area (TPSA) is 93.7 Å². The molecule has 1 amide bonds. The maximum absolute atomic E-state index is 12.5. The van der Waals surface area contributed by atoms with Crippen LogP contribution >= 0.6 is 23.6 Å². The number of thiocarbonyl (C=S) groups is 1. The van der Waals surface area contributed by atoms with E-state index in [1.54, 1.807) is 25.1 Å². The Balaban J connectivity index is 1.74. The molecule has 29 heavy (non-hydrogen) atoms. The van der Waals surface area contributed by atoms with Crippen molar-refractivity contribution in [3.05, 3.63) is 51.4 Å². The Kier molecular flexibility index (Phi) is 6.60. The molecule has 1 aromatic heterocycles. The molecule has 3 rings (SSSR count). The van der Waals surface area contributed by atoms with Crippen molar-refractivity contribution in [2.45, 2.75) is 26.2 Å². The molecule has 1 aromatic carbocycles. The number of thiophene rings is 1. The van der Waals surface area contributed by atoms with Crippen molar-refractivity contribution in [1.29, 1.82) is 0 Å². The van der Waals surface area contributed by atoms with Crippen LogP contribution in [0.25, 0.3) is 0 Å². The SMILES string of the molecule is CCOC(=O)c1c(NC(=S)NC(=O)c2cccc(C(=O)OC)c2)sc2c1CCC2. The van der Waals surface area contributed by atoms with Gasteiger partial charge in [0.25, 0.3) is 5.91 Å². The molecule has 0 saturated carbocycles. The van der Waals surface area contributed by atoms with Crippen LogP contribution in [-0.2, 0) is 22.3 Å². The number of rotatable bonds is 5. The number of ether oxygens (including phenoxy) is 2. The van der Waals surface area contributed by atoms with Crippen molar-refractivity contribution in [3.63, 3.8) is 0 Å². The van der Waals surface area contributed by atoms with Crippen LogP contribution in [0.15, 0.2) is 24.3 Å². The predicted octanol–water partition coefficient (Wildman–Crippen LogP) is 3.33. The van der Waals surface area contributed by atoms with Gasteiger partial charge in [-0.1, -0.05) is 6.07 Å². The number of aryl methyl sites for hydroxylation is 1. The summed E-state index contributed by atoms with van der Waals surface area (Å²) in [6.45, 7) is 2.03. The zero-order valence-corrected chi connectivity index (χ0v) is 17.6. The van der Waals surface area contributed by atoms with Gasteiger partial charge >= 0.3 is 11.9 Å². The van der Waals surface area contributed by atoms with Crippen molar-refractivity contribution >= 4 is 51.5 Å².